The molecule has 3 amide bonds. The number of hydrogen-bond acceptors (Lipinski definition) is 7. The Hall–Kier alpha value is -3.09. The lowest BCUT2D eigenvalue weighted by molar-refractivity contribution is -0.123. The summed E-state index contributed by atoms with van der Waals surface area (Å²) >= 11 is 18.5. The Labute approximate surface area is 289 Å². The molecular weight excluding hydrogens is 733 g/mol. The fourth-order valence-corrected chi connectivity index (χ4v) is 11.5. The highest BCUT2D eigenvalue weighted by Gasteiger charge is 2.69. The minimum atomic E-state index is -0.448. The van der Waals surface area contributed by atoms with Crippen molar-refractivity contribution in [3.8, 4) is 5.75 Å². The first-order valence-electron chi connectivity index (χ1n) is 14.7. The van der Waals surface area contributed by atoms with Crippen LogP contribution in [0.5, 0.6) is 5.75 Å². The number of rotatable bonds is 6. The first-order chi connectivity index (χ1) is 22.2. The van der Waals surface area contributed by atoms with Gasteiger partial charge in [0.15, 0.2) is 6.61 Å². The van der Waals surface area contributed by atoms with Crippen molar-refractivity contribution in [1.82, 2.24) is 4.98 Å². The van der Waals surface area contributed by atoms with Crippen molar-refractivity contribution in [2.75, 3.05) is 16.8 Å². The normalized spacial score (nSPS) is 27.4. The predicted octanol–water partition coefficient (Wildman–Crippen LogP) is 7.20. The van der Waals surface area contributed by atoms with Crippen molar-refractivity contribution in [2.24, 2.45) is 29.6 Å². The quantitative estimate of drug-likeness (QED) is 0.202. The molecule has 4 aliphatic rings. The average molecular weight is 758 g/mol. The van der Waals surface area contributed by atoms with Crippen LogP contribution in [0.4, 0.5) is 11.4 Å². The van der Waals surface area contributed by atoms with E-state index >= 15 is 0 Å². The van der Waals surface area contributed by atoms with Crippen molar-refractivity contribution in [3.63, 3.8) is 0 Å². The first kappa shape index (κ1) is 30.3. The van der Waals surface area contributed by atoms with Gasteiger partial charge in [-0.1, -0.05) is 50.5 Å². The van der Waals surface area contributed by atoms with Gasteiger partial charge in [-0.2, -0.15) is 0 Å². The number of carbonyl (C=O) groups excluding carboxylic acids is 3. The number of H-pyrrole nitrogens is 1. The van der Waals surface area contributed by atoms with E-state index in [4.69, 9.17) is 27.9 Å². The Morgan fingerprint density at radius 2 is 1.63 bits per heavy atom. The van der Waals surface area contributed by atoms with Gasteiger partial charge in [-0.05, 0) is 90.9 Å². The molecule has 234 valence electrons. The van der Waals surface area contributed by atoms with Crippen LogP contribution in [-0.2, 0) is 14.4 Å². The van der Waals surface area contributed by atoms with Gasteiger partial charge in [0.05, 0.1) is 22.5 Å². The van der Waals surface area contributed by atoms with Crippen LogP contribution in [0.2, 0.25) is 10.0 Å². The van der Waals surface area contributed by atoms with Gasteiger partial charge in [0.1, 0.15) is 5.75 Å². The molecule has 0 radical (unpaired) electrons. The van der Waals surface area contributed by atoms with Crippen molar-refractivity contribution in [2.45, 2.75) is 22.6 Å². The van der Waals surface area contributed by atoms with Crippen LogP contribution in [0.15, 0.2) is 81.0 Å². The number of anilines is 2. The largest absolute Gasteiger partial charge is 0.483 e. The summed E-state index contributed by atoms with van der Waals surface area (Å²) < 4.78 is 6.99. The molecule has 3 aromatic carbocycles. The molecule has 8 rings (SSSR count). The summed E-state index contributed by atoms with van der Waals surface area (Å²) in [5, 5.41) is 4.72. The number of aromatic nitrogens is 1. The number of benzene rings is 3. The predicted molar refractivity (Wildman–Crippen MR) is 182 cm³/mol. The zero-order valence-electron chi connectivity index (χ0n) is 23.7. The maximum absolute atomic E-state index is 14.0. The van der Waals surface area contributed by atoms with E-state index in [1.54, 1.807) is 60.3 Å². The van der Waals surface area contributed by atoms with Gasteiger partial charge in [-0.25, -0.2) is 0 Å². The van der Waals surface area contributed by atoms with Crippen LogP contribution in [0.25, 0.3) is 0 Å². The molecule has 1 aromatic heterocycles. The molecule has 2 bridgehead atoms. The third-order valence-electron chi connectivity index (χ3n) is 9.60. The lowest BCUT2D eigenvalue weighted by Gasteiger charge is -2.43. The van der Waals surface area contributed by atoms with E-state index in [9.17, 15) is 19.2 Å². The van der Waals surface area contributed by atoms with Gasteiger partial charge >= 0.3 is 4.87 Å². The molecule has 3 fully saturated rings. The first-order valence-corrected chi connectivity index (χ1v) is 17.9. The highest BCUT2D eigenvalue weighted by Crippen LogP contribution is 2.69. The number of carbonyl (C=O) groups is 3. The molecule has 13 heteroatoms. The summed E-state index contributed by atoms with van der Waals surface area (Å²) in [4.78, 5) is 58.6. The highest BCUT2D eigenvalue weighted by molar-refractivity contribution is 9.10. The summed E-state index contributed by atoms with van der Waals surface area (Å²) in [5.41, 5.74) is 1.96. The van der Waals surface area contributed by atoms with Gasteiger partial charge in [0.2, 0.25) is 11.8 Å². The maximum Gasteiger partial charge on any atom is 0.305 e. The summed E-state index contributed by atoms with van der Waals surface area (Å²) in [7, 11) is 0. The van der Waals surface area contributed by atoms with Gasteiger partial charge in [-0.3, -0.25) is 24.1 Å². The zero-order valence-corrected chi connectivity index (χ0v) is 28.5. The third-order valence-corrected chi connectivity index (χ3v) is 13.2. The summed E-state index contributed by atoms with van der Waals surface area (Å²) in [5.74, 6) is -1.42. The third kappa shape index (κ3) is 4.93. The van der Waals surface area contributed by atoms with E-state index in [2.05, 4.69) is 26.2 Å². The smallest absolute Gasteiger partial charge is 0.305 e. The molecule has 46 heavy (non-hydrogen) atoms. The Morgan fingerprint density at radius 1 is 0.957 bits per heavy atom. The van der Waals surface area contributed by atoms with Gasteiger partial charge in [-0.15, -0.1) is 11.8 Å². The molecule has 1 saturated heterocycles. The SMILES string of the molecule is O=C(COc1ccc(Br)cc1[C@@H]1c2sc(=O)[nH]c2S[C@@H]2[C@@H]3C[C@@H]([C@@H]4C(=O)N(c5ccc(Cl)cc5)C(=O)[C@@H]34)[C@H]12)Nc1ccc(Cl)cc1. The van der Waals surface area contributed by atoms with Crippen LogP contribution in [-0.4, -0.2) is 34.6 Å². The molecule has 0 spiro atoms. The fraction of sp³-hybridized carbons (Fsp3) is 0.273. The van der Waals surface area contributed by atoms with E-state index in [0.717, 1.165) is 26.4 Å². The Bertz CT molecular complexity index is 1970. The van der Waals surface area contributed by atoms with E-state index in [-0.39, 0.29) is 58.1 Å². The topological polar surface area (TPSA) is 109 Å². The van der Waals surface area contributed by atoms with E-state index in [1.165, 1.54) is 16.2 Å². The molecule has 3 heterocycles. The van der Waals surface area contributed by atoms with Crippen molar-refractivity contribution in [3.05, 3.63) is 101 Å². The zero-order chi connectivity index (χ0) is 31.9. The minimum absolute atomic E-state index is 0.0101. The second-order valence-electron chi connectivity index (χ2n) is 12.0. The van der Waals surface area contributed by atoms with Crippen molar-refractivity contribution >= 4 is 91.3 Å². The monoisotopic (exact) mass is 755 g/mol. The summed E-state index contributed by atoms with van der Waals surface area (Å²) in [6.07, 6.45) is 0.757. The number of nitrogens with zero attached hydrogens (tertiary/aromatic N) is 1. The van der Waals surface area contributed by atoms with E-state index < -0.39 is 11.8 Å². The number of hydrogen-bond donors (Lipinski definition) is 2. The molecule has 4 aromatic rings. The number of nitrogens with one attached hydrogen (secondary N) is 2. The van der Waals surface area contributed by atoms with Gasteiger partial charge in [0.25, 0.3) is 5.91 Å². The highest BCUT2D eigenvalue weighted by atomic mass is 79.9. The van der Waals surface area contributed by atoms with Gasteiger partial charge < -0.3 is 15.0 Å². The standard InChI is InChI=1S/C33H24BrCl2N3O5S2/c34-14-1-10-22(44-13-23(40)37-17-6-2-15(35)3-7-17)19(11-14)24-25-20-12-21(28(25)45-30-29(24)46-33(43)38-30)27-26(20)31(41)39(32(27)42)18-8-4-16(36)5-9-18/h1-11,20-21,24-28H,12-13H2,(H,37,40)(H,38,43)/t20-,21-,24+,25-,26+,27+,28-/m1/s1. The molecule has 2 aliphatic heterocycles. The number of fused-ring (bicyclic) bond motifs is 9. The fourth-order valence-electron chi connectivity index (χ4n) is 7.98. The number of halogens is 3. The van der Waals surface area contributed by atoms with Crippen LogP contribution >= 0.6 is 62.2 Å². The number of imide groups is 1. The molecule has 2 aliphatic carbocycles. The van der Waals surface area contributed by atoms with E-state index in [1.807, 2.05) is 18.2 Å². The van der Waals surface area contributed by atoms with Gasteiger partial charge in [0, 0.05) is 41.8 Å². The second-order valence-corrected chi connectivity index (χ2v) is 16.0. The summed E-state index contributed by atoms with van der Waals surface area (Å²) in [6, 6.07) is 19.3. The molecule has 2 saturated carbocycles. The van der Waals surface area contributed by atoms with E-state index in [0.29, 0.717) is 27.2 Å². The Morgan fingerprint density at radius 3 is 2.35 bits per heavy atom. The van der Waals surface area contributed by atoms with Crippen LogP contribution in [0, 0.1) is 29.6 Å². The number of aromatic amines is 1. The van der Waals surface area contributed by atoms with Crippen LogP contribution < -0.4 is 19.8 Å². The molecule has 2 N–H and O–H groups in total. The average Bonchev–Trinajstić information content (AvgIpc) is 3.77. The molecule has 0 unspecified atom stereocenters. The molecular formula is C33H24BrCl2N3O5S2. The molecule has 8 nitrogen and oxygen atoms in total. The Balaban J connectivity index is 1.14. The lowest BCUT2D eigenvalue weighted by Crippen LogP contribution is -2.42. The maximum atomic E-state index is 14.0. The van der Waals surface area contributed by atoms with Crippen molar-refractivity contribution < 1.29 is 19.1 Å². The Kier molecular flexibility index (Phi) is 7.60. The van der Waals surface area contributed by atoms with Crippen LogP contribution in [0.3, 0.4) is 0 Å². The minimum Gasteiger partial charge on any atom is -0.483 e. The second kappa shape index (κ2) is 11.6. The number of ether oxygens (including phenoxy) is 1. The van der Waals surface area contributed by atoms with Crippen LogP contribution in [0.1, 0.15) is 22.8 Å². The number of amides is 3. The number of thiazole rings is 1. The lowest BCUT2D eigenvalue weighted by atomic mass is 9.68. The number of thioether (sulfide) groups is 1. The molecule has 7 atom stereocenters. The summed E-state index contributed by atoms with van der Waals surface area (Å²) in [6.45, 7) is -0.233. The van der Waals surface area contributed by atoms with Crippen molar-refractivity contribution in [1.29, 1.82) is 0 Å².